The summed E-state index contributed by atoms with van der Waals surface area (Å²) < 4.78 is 22.9. The van der Waals surface area contributed by atoms with Crippen molar-refractivity contribution in [2.45, 2.75) is 31.4 Å². The Labute approximate surface area is 120 Å². The van der Waals surface area contributed by atoms with Crippen LogP contribution in [0, 0.1) is 5.92 Å². The maximum atomic E-state index is 12.4. The van der Waals surface area contributed by atoms with Crippen LogP contribution < -0.4 is 0 Å². The molecule has 2 heterocycles. The first kappa shape index (κ1) is 15.7. The van der Waals surface area contributed by atoms with Gasteiger partial charge in [0.1, 0.15) is 0 Å². The molecular formula is C13H24N2O4S. The number of amides is 1. The summed E-state index contributed by atoms with van der Waals surface area (Å²) in [6.07, 6.45) is 1.02. The molecule has 3 atom stereocenters. The van der Waals surface area contributed by atoms with Crippen LogP contribution in [0.4, 0.5) is 0 Å². The van der Waals surface area contributed by atoms with Crippen molar-refractivity contribution < 1.29 is 18.3 Å². The molecule has 1 amide bonds. The first-order chi connectivity index (χ1) is 9.27. The van der Waals surface area contributed by atoms with Crippen molar-refractivity contribution in [3.63, 3.8) is 0 Å². The van der Waals surface area contributed by atoms with Gasteiger partial charge < -0.3 is 14.9 Å². The Morgan fingerprint density at radius 2 is 2.10 bits per heavy atom. The van der Waals surface area contributed by atoms with Gasteiger partial charge in [0.25, 0.3) is 0 Å². The van der Waals surface area contributed by atoms with E-state index >= 15 is 0 Å². The number of likely N-dealkylation sites (tertiary alicyclic amines) is 1. The number of nitrogens with zero attached hydrogens (tertiary/aromatic N) is 2. The number of β-amino-alcohol motifs (C(OH)–C–C–N with tert-alkyl or cyclic N) is 1. The first-order valence-corrected chi connectivity index (χ1v) is 8.91. The van der Waals surface area contributed by atoms with Crippen LogP contribution in [0.2, 0.25) is 0 Å². The van der Waals surface area contributed by atoms with Gasteiger partial charge in [-0.2, -0.15) is 0 Å². The van der Waals surface area contributed by atoms with Crippen LogP contribution >= 0.6 is 0 Å². The van der Waals surface area contributed by atoms with E-state index in [1.54, 1.807) is 4.90 Å². The number of carbonyl (C=O) groups excluding carboxylic acids is 1. The smallest absolute Gasteiger partial charge is 0.223 e. The fourth-order valence-corrected chi connectivity index (χ4v) is 5.05. The van der Waals surface area contributed by atoms with Gasteiger partial charge in [-0.1, -0.05) is 0 Å². The highest BCUT2D eigenvalue weighted by molar-refractivity contribution is 7.91. The number of hydrogen-bond donors (Lipinski definition) is 1. The molecule has 0 aliphatic carbocycles. The normalized spacial score (nSPS) is 33.0. The lowest BCUT2D eigenvalue weighted by Crippen LogP contribution is -2.42. The SMILES string of the molecule is CN(C)CC1CC(O)CN1C(=O)CC1CCS(=O)(=O)C1. The lowest BCUT2D eigenvalue weighted by Gasteiger charge is -2.27. The Balaban J connectivity index is 1.94. The van der Waals surface area contributed by atoms with Gasteiger partial charge in [-0.05, 0) is 32.9 Å². The molecule has 0 aromatic carbocycles. The minimum absolute atomic E-state index is 0.0181. The Morgan fingerprint density at radius 1 is 1.40 bits per heavy atom. The molecule has 6 nitrogen and oxygen atoms in total. The molecule has 0 aromatic heterocycles. The van der Waals surface area contributed by atoms with E-state index in [1.807, 2.05) is 19.0 Å². The molecule has 2 fully saturated rings. The minimum Gasteiger partial charge on any atom is -0.391 e. The summed E-state index contributed by atoms with van der Waals surface area (Å²) in [4.78, 5) is 16.1. The van der Waals surface area contributed by atoms with Crippen LogP contribution in [0.25, 0.3) is 0 Å². The molecule has 2 aliphatic rings. The molecule has 0 aromatic rings. The third-order valence-electron chi connectivity index (χ3n) is 4.08. The Bertz CT molecular complexity index is 463. The van der Waals surface area contributed by atoms with Crippen LogP contribution in [0.5, 0.6) is 0 Å². The van der Waals surface area contributed by atoms with Crippen molar-refractivity contribution in [3.8, 4) is 0 Å². The maximum absolute atomic E-state index is 12.4. The summed E-state index contributed by atoms with van der Waals surface area (Å²) in [7, 11) is 0.946. The van der Waals surface area contributed by atoms with Gasteiger partial charge in [0.15, 0.2) is 9.84 Å². The second-order valence-electron chi connectivity index (χ2n) is 6.32. The number of likely N-dealkylation sites (N-methyl/N-ethyl adjacent to an activating group) is 1. The third kappa shape index (κ3) is 3.93. The van der Waals surface area contributed by atoms with Crippen molar-refractivity contribution in [2.75, 3.05) is 38.7 Å². The van der Waals surface area contributed by atoms with Gasteiger partial charge in [0.05, 0.1) is 17.6 Å². The fourth-order valence-electron chi connectivity index (χ4n) is 3.19. The average Bonchev–Trinajstić information content (AvgIpc) is 2.81. The third-order valence-corrected chi connectivity index (χ3v) is 5.92. The topological polar surface area (TPSA) is 77.9 Å². The molecule has 1 N–H and O–H groups in total. The summed E-state index contributed by atoms with van der Waals surface area (Å²) in [6.45, 7) is 1.10. The molecule has 0 radical (unpaired) electrons. The Morgan fingerprint density at radius 3 is 2.65 bits per heavy atom. The zero-order chi connectivity index (χ0) is 14.9. The predicted octanol–water partition coefficient (Wildman–Crippen LogP) is -0.665. The Hall–Kier alpha value is -0.660. The van der Waals surface area contributed by atoms with Gasteiger partial charge in [-0.25, -0.2) is 8.42 Å². The number of rotatable bonds is 4. The van der Waals surface area contributed by atoms with E-state index in [0.29, 0.717) is 19.4 Å². The summed E-state index contributed by atoms with van der Waals surface area (Å²) >= 11 is 0. The minimum atomic E-state index is -2.94. The maximum Gasteiger partial charge on any atom is 0.223 e. The van der Waals surface area contributed by atoms with Gasteiger partial charge >= 0.3 is 0 Å². The highest BCUT2D eigenvalue weighted by Gasteiger charge is 2.37. The monoisotopic (exact) mass is 304 g/mol. The second-order valence-corrected chi connectivity index (χ2v) is 8.55. The van der Waals surface area contributed by atoms with Crippen LogP contribution in [-0.4, -0.2) is 80.1 Å². The van der Waals surface area contributed by atoms with E-state index in [4.69, 9.17) is 0 Å². The summed E-state index contributed by atoms with van der Waals surface area (Å²) in [5.41, 5.74) is 0. The summed E-state index contributed by atoms with van der Waals surface area (Å²) in [5, 5.41) is 9.77. The largest absolute Gasteiger partial charge is 0.391 e. The first-order valence-electron chi connectivity index (χ1n) is 7.09. The fraction of sp³-hybridized carbons (Fsp3) is 0.923. The van der Waals surface area contributed by atoms with E-state index in [0.717, 1.165) is 6.54 Å². The molecule has 0 bridgehead atoms. The molecule has 3 unspecified atom stereocenters. The number of aliphatic hydroxyl groups is 1. The van der Waals surface area contributed by atoms with E-state index in [9.17, 15) is 18.3 Å². The zero-order valence-corrected chi connectivity index (χ0v) is 13.0. The predicted molar refractivity (Wildman–Crippen MR) is 76.1 cm³/mol. The van der Waals surface area contributed by atoms with Crippen LogP contribution in [0.1, 0.15) is 19.3 Å². The van der Waals surface area contributed by atoms with Gasteiger partial charge in [0, 0.05) is 25.6 Å². The molecule has 2 rings (SSSR count). The number of sulfone groups is 1. The molecule has 7 heteroatoms. The number of aliphatic hydroxyl groups excluding tert-OH is 1. The van der Waals surface area contributed by atoms with Crippen molar-refractivity contribution >= 4 is 15.7 Å². The zero-order valence-electron chi connectivity index (χ0n) is 12.2. The van der Waals surface area contributed by atoms with E-state index in [-0.39, 0.29) is 35.8 Å². The molecule has 116 valence electrons. The van der Waals surface area contributed by atoms with Gasteiger partial charge in [-0.3, -0.25) is 4.79 Å². The number of hydrogen-bond acceptors (Lipinski definition) is 5. The lowest BCUT2D eigenvalue weighted by atomic mass is 10.0. The molecular weight excluding hydrogens is 280 g/mol. The van der Waals surface area contributed by atoms with Crippen molar-refractivity contribution in [3.05, 3.63) is 0 Å². The van der Waals surface area contributed by atoms with E-state index < -0.39 is 15.9 Å². The lowest BCUT2D eigenvalue weighted by molar-refractivity contribution is -0.133. The van der Waals surface area contributed by atoms with Gasteiger partial charge in [-0.15, -0.1) is 0 Å². The van der Waals surface area contributed by atoms with Crippen molar-refractivity contribution in [1.82, 2.24) is 9.80 Å². The molecule has 0 saturated carbocycles. The van der Waals surface area contributed by atoms with Crippen molar-refractivity contribution in [1.29, 1.82) is 0 Å². The standard InChI is InChI=1S/C13H24N2O4S/c1-14(2)7-11-6-12(16)8-15(11)13(17)5-10-3-4-20(18,19)9-10/h10-12,16H,3-9H2,1-2H3. The average molecular weight is 304 g/mol. The van der Waals surface area contributed by atoms with Crippen LogP contribution in [-0.2, 0) is 14.6 Å². The van der Waals surface area contributed by atoms with Crippen LogP contribution in [0.15, 0.2) is 0 Å². The van der Waals surface area contributed by atoms with Gasteiger partial charge in [0.2, 0.25) is 5.91 Å². The van der Waals surface area contributed by atoms with E-state index in [2.05, 4.69) is 0 Å². The quantitative estimate of drug-likeness (QED) is 0.746. The molecule has 0 spiro atoms. The van der Waals surface area contributed by atoms with E-state index in [1.165, 1.54) is 0 Å². The van der Waals surface area contributed by atoms with Crippen molar-refractivity contribution in [2.24, 2.45) is 5.92 Å². The molecule has 2 aliphatic heterocycles. The molecule has 20 heavy (non-hydrogen) atoms. The highest BCUT2D eigenvalue weighted by Crippen LogP contribution is 2.25. The summed E-state index contributed by atoms with van der Waals surface area (Å²) in [6, 6.07) is 0.0329. The second kappa shape index (κ2) is 5.99. The molecule has 2 saturated heterocycles. The van der Waals surface area contributed by atoms with Crippen LogP contribution in [0.3, 0.4) is 0 Å². The summed E-state index contributed by atoms with van der Waals surface area (Å²) in [5.74, 6) is 0.267. The highest BCUT2D eigenvalue weighted by atomic mass is 32.2. The Kier molecular flexibility index (Phi) is 4.71. The number of carbonyl (C=O) groups is 1.